The Hall–Kier alpha value is -1.43. The number of ether oxygens (including phenoxy) is 1. The van der Waals surface area contributed by atoms with Gasteiger partial charge in [0.25, 0.3) is 0 Å². The highest BCUT2D eigenvalue weighted by Gasteiger charge is 2.34. The lowest BCUT2D eigenvalue weighted by molar-refractivity contribution is -0.0495. The van der Waals surface area contributed by atoms with Gasteiger partial charge in [0.05, 0.1) is 18.3 Å². The zero-order valence-corrected chi connectivity index (χ0v) is 15.2. The van der Waals surface area contributed by atoms with E-state index in [2.05, 4.69) is 9.80 Å². The second-order valence-electron chi connectivity index (χ2n) is 7.53. The highest BCUT2D eigenvalue weighted by molar-refractivity contribution is 5.89. The van der Waals surface area contributed by atoms with E-state index in [4.69, 9.17) is 4.74 Å². The topological polar surface area (TPSA) is 53.0 Å². The normalized spacial score (nSPS) is 21.8. The summed E-state index contributed by atoms with van der Waals surface area (Å²) in [6, 6.07) is 7.63. The fourth-order valence-corrected chi connectivity index (χ4v) is 3.99. The van der Waals surface area contributed by atoms with E-state index in [9.17, 15) is 9.90 Å². The minimum atomic E-state index is -0.540. The van der Waals surface area contributed by atoms with Crippen molar-refractivity contribution in [2.75, 3.05) is 39.8 Å². The molecule has 25 heavy (non-hydrogen) atoms. The van der Waals surface area contributed by atoms with Crippen LogP contribution in [0.4, 0.5) is 0 Å². The van der Waals surface area contributed by atoms with Crippen LogP contribution < -0.4 is 0 Å². The van der Waals surface area contributed by atoms with E-state index in [0.717, 1.165) is 57.7 Å². The molecule has 0 spiro atoms. The van der Waals surface area contributed by atoms with Gasteiger partial charge < -0.3 is 14.7 Å². The Bertz CT molecular complexity index is 576. The molecule has 0 bridgehead atoms. The SMILES string of the molecule is COC(=O)c1cccc(CN2CCC(O)(CN3CCCCC3)CC2)c1. The van der Waals surface area contributed by atoms with Crippen molar-refractivity contribution in [3.8, 4) is 0 Å². The molecule has 3 rings (SSSR count). The lowest BCUT2D eigenvalue weighted by Crippen LogP contribution is -2.51. The van der Waals surface area contributed by atoms with Crippen LogP contribution in [-0.4, -0.2) is 66.3 Å². The van der Waals surface area contributed by atoms with E-state index < -0.39 is 5.60 Å². The molecular weight excluding hydrogens is 316 g/mol. The zero-order chi connectivity index (χ0) is 17.7. The third-order valence-electron chi connectivity index (χ3n) is 5.51. The predicted octanol–water partition coefficient (Wildman–Crippen LogP) is 2.29. The molecule has 2 aliphatic rings. The van der Waals surface area contributed by atoms with Crippen molar-refractivity contribution >= 4 is 5.97 Å². The molecule has 0 unspecified atom stereocenters. The van der Waals surface area contributed by atoms with Crippen LogP contribution in [0.2, 0.25) is 0 Å². The van der Waals surface area contributed by atoms with E-state index in [0.29, 0.717) is 5.56 Å². The van der Waals surface area contributed by atoms with Gasteiger partial charge in [-0.2, -0.15) is 0 Å². The summed E-state index contributed by atoms with van der Waals surface area (Å²) in [7, 11) is 1.41. The molecular formula is C20H30N2O3. The molecule has 0 amide bonds. The van der Waals surface area contributed by atoms with Crippen molar-refractivity contribution in [2.24, 2.45) is 0 Å². The number of likely N-dealkylation sites (tertiary alicyclic amines) is 2. The van der Waals surface area contributed by atoms with Crippen LogP contribution in [0.3, 0.4) is 0 Å². The largest absolute Gasteiger partial charge is 0.465 e. The van der Waals surface area contributed by atoms with Gasteiger partial charge in [-0.15, -0.1) is 0 Å². The fraction of sp³-hybridized carbons (Fsp3) is 0.650. The number of hydrogen-bond acceptors (Lipinski definition) is 5. The van der Waals surface area contributed by atoms with Gasteiger partial charge in [-0.25, -0.2) is 4.79 Å². The Morgan fingerprint density at radius 2 is 1.84 bits per heavy atom. The van der Waals surface area contributed by atoms with Crippen molar-refractivity contribution in [2.45, 2.75) is 44.2 Å². The van der Waals surface area contributed by atoms with Crippen LogP contribution in [-0.2, 0) is 11.3 Å². The molecule has 2 heterocycles. The van der Waals surface area contributed by atoms with E-state index in [1.165, 1.54) is 26.4 Å². The molecule has 5 nitrogen and oxygen atoms in total. The van der Waals surface area contributed by atoms with Crippen LogP contribution in [0.5, 0.6) is 0 Å². The Kier molecular flexibility index (Phi) is 6.10. The number of esters is 1. The van der Waals surface area contributed by atoms with Crippen LogP contribution in [0.15, 0.2) is 24.3 Å². The summed E-state index contributed by atoms with van der Waals surface area (Å²) in [5.41, 5.74) is 1.17. The minimum absolute atomic E-state index is 0.295. The van der Waals surface area contributed by atoms with E-state index in [1.54, 1.807) is 6.07 Å². The predicted molar refractivity (Wildman–Crippen MR) is 97.5 cm³/mol. The first-order valence-electron chi connectivity index (χ1n) is 9.42. The van der Waals surface area contributed by atoms with Gasteiger partial charge in [-0.3, -0.25) is 4.90 Å². The first-order valence-corrected chi connectivity index (χ1v) is 9.42. The number of piperidine rings is 2. The first-order chi connectivity index (χ1) is 12.1. The molecule has 1 N–H and O–H groups in total. The van der Waals surface area contributed by atoms with Crippen molar-refractivity contribution in [3.63, 3.8) is 0 Å². The molecule has 5 heteroatoms. The minimum Gasteiger partial charge on any atom is -0.465 e. The van der Waals surface area contributed by atoms with Crippen molar-refractivity contribution in [1.29, 1.82) is 0 Å². The molecule has 2 fully saturated rings. The first kappa shape index (κ1) is 18.4. The smallest absolute Gasteiger partial charge is 0.337 e. The molecule has 138 valence electrons. The zero-order valence-electron chi connectivity index (χ0n) is 15.2. The Morgan fingerprint density at radius 3 is 2.52 bits per heavy atom. The molecule has 0 aliphatic carbocycles. The van der Waals surface area contributed by atoms with Crippen molar-refractivity contribution in [1.82, 2.24) is 9.80 Å². The van der Waals surface area contributed by atoms with Gasteiger partial charge in [-0.1, -0.05) is 18.6 Å². The van der Waals surface area contributed by atoms with Crippen LogP contribution in [0, 0.1) is 0 Å². The summed E-state index contributed by atoms with van der Waals surface area (Å²) >= 11 is 0. The number of carbonyl (C=O) groups excluding carboxylic acids is 1. The number of benzene rings is 1. The number of methoxy groups -OCH3 is 1. The highest BCUT2D eigenvalue weighted by atomic mass is 16.5. The van der Waals surface area contributed by atoms with Gasteiger partial charge in [0.2, 0.25) is 0 Å². The Balaban J connectivity index is 1.51. The maximum atomic E-state index is 11.7. The van der Waals surface area contributed by atoms with Gasteiger partial charge >= 0.3 is 5.97 Å². The third-order valence-corrected chi connectivity index (χ3v) is 5.51. The lowest BCUT2D eigenvalue weighted by atomic mass is 9.90. The summed E-state index contributed by atoms with van der Waals surface area (Å²) in [6.07, 6.45) is 5.49. The average Bonchev–Trinajstić information content (AvgIpc) is 2.64. The van der Waals surface area contributed by atoms with Crippen molar-refractivity contribution < 1.29 is 14.6 Å². The van der Waals surface area contributed by atoms with Crippen LogP contribution in [0.1, 0.15) is 48.0 Å². The number of hydrogen-bond donors (Lipinski definition) is 1. The second-order valence-corrected chi connectivity index (χ2v) is 7.53. The molecule has 1 aromatic carbocycles. The maximum Gasteiger partial charge on any atom is 0.337 e. The van der Waals surface area contributed by atoms with Gasteiger partial charge in [0.1, 0.15) is 0 Å². The van der Waals surface area contributed by atoms with E-state index >= 15 is 0 Å². The van der Waals surface area contributed by atoms with Gasteiger partial charge in [0.15, 0.2) is 0 Å². The number of nitrogens with zero attached hydrogens (tertiary/aromatic N) is 2. The molecule has 0 atom stereocenters. The molecule has 0 aromatic heterocycles. The van der Waals surface area contributed by atoms with Crippen LogP contribution in [0.25, 0.3) is 0 Å². The monoisotopic (exact) mass is 346 g/mol. The Morgan fingerprint density at radius 1 is 1.12 bits per heavy atom. The third kappa shape index (κ3) is 5.03. The Labute approximate surface area is 150 Å². The van der Waals surface area contributed by atoms with Crippen LogP contribution >= 0.6 is 0 Å². The number of aliphatic hydroxyl groups is 1. The quantitative estimate of drug-likeness (QED) is 0.829. The summed E-state index contributed by atoms with van der Waals surface area (Å²) in [4.78, 5) is 16.5. The molecule has 2 aliphatic heterocycles. The fourth-order valence-electron chi connectivity index (χ4n) is 3.99. The standard InChI is InChI=1S/C20H30N2O3/c1-25-19(23)18-7-5-6-17(14-18)15-21-12-8-20(24,9-13-21)16-22-10-3-2-4-11-22/h5-7,14,24H,2-4,8-13,15-16H2,1H3. The number of rotatable bonds is 5. The van der Waals surface area contributed by atoms with E-state index in [1.807, 2.05) is 18.2 Å². The van der Waals surface area contributed by atoms with Gasteiger partial charge in [0, 0.05) is 26.2 Å². The number of carbonyl (C=O) groups is 1. The molecule has 1 aromatic rings. The maximum absolute atomic E-state index is 11.7. The summed E-state index contributed by atoms with van der Waals surface area (Å²) in [6.45, 7) is 5.68. The van der Waals surface area contributed by atoms with Crippen molar-refractivity contribution in [3.05, 3.63) is 35.4 Å². The summed E-state index contributed by atoms with van der Waals surface area (Å²) < 4.78 is 4.79. The summed E-state index contributed by atoms with van der Waals surface area (Å²) in [5, 5.41) is 10.9. The average molecular weight is 346 g/mol. The van der Waals surface area contributed by atoms with Gasteiger partial charge in [-0.05, 0) is 56.5 Å². The lowest BCUT2D eigenvalue weighted by Gasteiger charge is -2.42. The second kappa shape index (κ2) is 8.30. The highest BCUT2D eigenvalue weighted by Crippen LogP contribution is 2.26. The molecule has 0 saturated carbocycles. The molecule has 2 saturated heterocycles. The molecule has 0 radical (unpaired) electrons. The number of β-amino-alcohol motifs (C(OH)–C–C–N with tert-alkyl or cyclic N) is 1. The summed E-state index contributed by atoms with van der Waals surface area (Å²) in [5.74, 6) is -0.295. The van der Waals surface area contributed by atoms with E-state index in [-0.39, 0.29) is 5.97 Å².